The van der Waals surface area contributed by atoms with Gasteiger partial charge in [0.2, 0.25) is 17.7 Å². The standard InChI is InChI=1S/C24H23FN4O2/c1-28-15-18(20-4-2-3-5-21(20)28)14-22(30)29-12-10-17(11-13-29)24-27-26-23(31-24)16-6-8-19(25)9-7-16/h2-9,15,17H,10-14H2,1H3. The highest BCUT2D eigenvalue weighted by Gasteiger charge is 2.28. The Morgan fingerprint density at radius 2 is 1.84 bits per heavy atom. The van der Waals surface area contributed by atoms with Crippen LogP contribution < -0.4 is 0 Å². The monoisotopic (exact) mass is 418 g/mol. The lowest BCUT2D eigenvalue weighted by atomic mass is 9.96. The molecule has 6 nitrogen and oxygen atoms in total. The molecule has 1 aliphatic heterocycles. The van der Waals surface area contributed by atoms with Crippen molar-refractivity contribution in [3.05, 3.63) is 72.0 Å². The van der Waals surface area contributed by atoms with Gasteiger partial charge < -0.3 is 13.9 Å². The van der Waals surface area contributed by atoms with E-state index >= 15 is 0 Å². The van der Waals surface area contributed by atoms with Crippen LogP contribution in [0.5, 0.6) is 0 Å². The normalized spacial score (nSPS) is 15.0. The Kier molecular flexibility index (Phi) is 5.02. The number of rotatable bonds is 4. The second-order valence-electron chi connectivity index (χ2n) is 8.07. The molecule has 0 N–H and O–H groups in total. The third kappa shape index (κ3) is 3.83. The maximum Gasteiger partial charge on any atom is 0.247 e. The van der Waals surface area contributed by atoms with Crippen molar-refractivity contribution >= 4 is 16.8 Å². The van der Waals surface area contributed by atoms with Crippen molar-refractivity contribution in [2.45, 2.75) is 25.2 Å². The molecular formula is C24H23FN4O2. The highest BCUT2D eigenvalue weighted by molar-refractivity contribution is 5.89. The summed E-state index contributed by atoms with van der Waals surface area (Å²) < 4.78 is 21.0. The molecular weight excluding hydrogens is 395 g/mol. The van der Waals surface area contributed by atoms with E-state index in [2.05, 4.69) is 26.9 Å². The summed E-state index contributed by atoms with van der Waals surface area (Å²) in [7, 11) is 2.01. The van der Waals surface area contributed by atoms with Crippen molar-refractivity contribution < 1.29 is 13.6 Å². The predicted molar refractivity (Wildman–Crippen MR) is 115 cm³/mol. The zero-order chi connectivity index (χ0) is 21.4. The minimum Gasteiger partial charge on any atom is -0.420 e. The number of aryl methyl sites for hydroxylation is 1. The van der Waals surface area contributed by atoms with Gasteiger partial charge in [0.25, 0.3) is 0 Å². The zero-order valence-corrected chi connectivity index (χ0v) is 17.3. The van der Waals surface area contributed by atoms with E-state index in [4.69, 9.17) is 4.42 Å². The van der Waals surface area contributed by atoms with E-state index in [0.717, 1.165) is 29.3 Å². The fourth-order valence-electron chi connectivity index (χ4n) is 4.33. The Bertz CT molecular complexity index is 1220. The van der Waals surface area contributed by atoms with Crippen molar-refractivity contribution in [1.82, 2.24) is 19.7 Å². The number of fused-ring (bicyclic) bond motifs is 1. The van der Waals surface area contributed by atoms with E-state index < -0.39 is 0 Å². The van der Waals surface area contributed by atoms with Gasteiger partial charge in [-0.15, -0.1) is 10.2 Å². The van der Waals surface area contributed by atoms with Gasteiger partial charge in [0.05, 0.1) is 6.42 Å². The molecule has 4 aromatic rings. The Balaban J connectivity index is 1.22. The van der Waals surface area contributed by atoms with E-state index in [1.165, 1.54) is 12.1 Å². The smallest absolute Gasteiger partial charge is 0.247 e. The van der Waals surface area contributed by atoms with Crippen LogP contribution in [0.15, 0.2) is 59.1 Å². The lowest BCUT2D eigenvalue weighted by Gasteiger charge is -2.30. The maximum absolute atomic E-state index is 13.1. The van der Waals surface area contributed by atoms with Gasteiger partial charge in [0, 0.05) is 48.7 Å². The van der Waals surface area contributed by atoms with Gasteiger partial charge in [-0.2, -0.15) is 0 Å². The number of likely N-dealkylation sites (tertiary alicyclic amines) is 1. The first-order chi connectivity index (χ1) is 15.1. The van der Waals surface area contributed by atoms with Crippen molar-refractivity contribution in [2.24, 2.45) is 7.05 Å². The molecule has 1 saturated heterocycles. The summed E-state index contributed by atoms with van der Waals surface area (Å²) in [6.07, 6.45) is 4.02. The lowest BCUT2D eigenvalue weighted by molar-refractivity contribution is -0.131. The van der Waals surface area contributed by atoms with E-state index in [1.807, 2.05) is 30.3 Å². The molecule has 5 rings (SSSR count). The summed E-state index contributed by atoms with van der Waals surface area (Å²) in [5, 5.41) is 9.44. The van der Waals surface area contributed by atoms with Gasteiger partial charge in [0.1, 0.15) is 5.82 Å². The molecule has 1 aliphatic rings. The Labute approximate surface area is 179 Å². The first-order valence-electron chi connectivity index (χ1n) is 10.5. The molecule has 0 bridgehead atoms. The number of carbonyl (C=O) groups excluding carboxylic acids is 1. The minimum atomic E-state index is -0.302. The van der Waals surface area contributed by atoms with Crippen molar-refractivity contribution in [3.8, 4) is 11.5 Å². The number of benzene rings is 2. The second kappa shape index (κ2) is 7.98. The molecule has 31 heavy (non-hydrogen) atoms. The lowest BCUT2D eigenvalue weighted by Crippen LogP contribution is -2.38. The third-order valence-corrected chi connectivity index (χ3v) is 6.05. The first kappa shape index (κ1) is 19.5. The average molecular weight is 418 g/mol. The Morgan fingerprint density at radius 1 is 1.10 bits per heavy atom. The van der Waals surface area contributed by atoms with Gasteiger partial charge in [-0.25, -0.2) is 4.39 Å². The summed E-state index contributed by atoms with van der Waals surface area (Å²) in [6.45, 7) is 1.34. The van der Waals surface area contributed by atoms with Crippen LogP contribution in [-0.2, 0) is 18.3 Å². The molecule has 2 aromatic carbocycles. The fourth-order valence-corrected chi connectivity index (χ4v) is 4.33. The number of piperidine rings is 1. The molecule has 0 unspecified atom stereocenters. The topological polar surface area (TPSA) is 64.2 Å². The predicted octanol–water partition coefficient (Wildman–Crippen LogP) is 4.32. The molecule has 1 amide bonds. The summed E-state index contributed by atoms with van der Waals surface area (Å²) in [5.41, 5.74) is 2.89. The maximum atomic E-state index is 13.1. The first-order valence-corrected chi connectivity index (χ1v) is 10.5. The van der Waals surface area contributed by atoms with Gasteiger partial charge in [-0.05, 0) is 48.7 Å². The van der Waals surface area contributed by atoms with E-state index in [9.17, 15) is 9.18 Å². The Hall–Kier alpha value is -3.48. The van der Waals surface area contributed by atoms with Crippen molar-refractivity contribution in [2.75, 3.05) is 13.1 Å². The zero-order valence-electron chi connectivity index (χ0n) is 17.3. The molecule has 1 fully saturated rings. The van der Waals surface area contributed by atoms with Crippen LogP contribution in [0.4, 0.5) is 4.39 Å². The molecule has 0 aliphatic carbocycles. The number of nitrogens with zero attached hydrogens (tertiary/aromatic N) is 4. The number of halogens is 1. The van der Waals surface area contributed by atoms with Crippen LogP contribution in [0.25, 0.3) is 22.4 Å². The van der Waals surface area contributed by atoms with Gasteiger partial charge in [-0.1, -0.05) is 18.2 Å². The quantitative estimate of drug-likeness (QED) is 0.495. The van der Waals surface area contributed by atoms with Crippen LogP contribution >= 0.6 is 0 Å². The van der Waals surface area contributed by atoms with E-state index in [1.54, 1.807) is 12.1 Å². The molecule has 3 heterocycles. The Morgan fingerprint density at radius 3 is 2.61 bits per heavy atom. The van der Waals surface area contributed by atoms with Crippen LogP contribution in [0.3, 0.4) is 0 Å². The summed E-state index contributed by atoms with van der Waals surface area (Å²) in [6, 6.07) is 14.2. The van der Waals surface area contributed by atoms with Crippen LogP contribution in [-0.4, -0.2) is 38.7 Å². The molecule has 158 valence electrons. The number of amides is 1. The van der Waals surface area contributed by atoms with E-state index in [0.29, 0.717) is 36.9 Å². The third-order valence-electron chi connectivity index (χ3n) is 6.05. The highest BCUT2D eigenvalue weighted by Crippen LogP contribution is 2.30. The van der Waals surface area contributed by atoms with Crippen molar-refractivity contribution in [1.29, 1.82) is 0 Å². The number of carbonyl (C=O) groups is 1. The van der Waals surface area contributed by atoms with Gasteiger partial charge in [-0.3, -0.25) is 4.79 Å². The van der Waals surface area contributed by atoms with Crippen LogP contribution in [0, 0.1) is 5.82 Å². The number of hydrogen-bond donors (Lipinski definition) is 0. The largest absolute Gasteiger partial charge is 0.420 e. The molecule has 2 aromatic heterocycles. The molecule has 0 spiro atoms. The average Bonchev–Trinajstić information content (AvgIpc) is 3.40. The minimum absolute atomic E-state index is 0.128. The molecule has 0 saturated carbocycles. The molecule has 0 atom stereocenters. The summed E-state index contributed by atoms with van der Waals surface area (Å²) in [4.78, 5) is 14.8. The highest BCUT2D eigenvalue weighted by atomic mass is 19.1. The van der Waals surface area contributed by atoms with Crippen molar-refractivity contribution in [3.63, 3.8) is 0 Å². The summed E-state index contributed by atoms with van der Waals surface area (Å²) >= 11 is 0. The van der Waals surface area contributed by atoms with Crippen LogP contribution in [0.2, 0.25) is 0 Å². The molecule has 0 radical (unpaired) electrons. The fraction of sp³-hybridized carbons (Fsp3) is 0.292. The van der Waals surface area contributed by atoms with E-state index in [-0.39, 0.29) is 17.6 Å². The van der Waals surface area contributed by atoms with Crippen LogP contribution in [0.1, 0.15) is 30.2 Å². The number of hydrogen-bond acceptors (Lipinski definition) is 4. The number of para-hydroxylation sites is 1. The number of aromatic nitrogens is 3. The SMILES string of the molecule is Cn1cc(CC(=O)N2CCC(c3nnc(-c4ccc(F)cc4)o3)CC2)c2ccccc21. The molecule has 7 heteroatoms. The second-order valence-corrected chi connectivity index (χ2v) is 8.07. The van der Waals surface area contributed by atoms with Gasteiger partial charge in [0.15, 0.2) is 0 Å². The summed E-state index contributed by atoms with van der Waals surface area (Å²) in [5.74, 6) is 0.949. The van der Waals surface area contributed by atoms with Gasteiger partial charge >= 0.3 is 0 Å².